The van der Waals surface area contributed by atoms with E-state index < -0.39 is 0 Å². The minimum Gasteiger partial charge on any atom is -0.353 e. The summed E-state index contributed by atoms with van der Waals surface area (Å²) in [5.41, 5.74) is 3.34. The second-order valence-electron chi connectivity index (χ2n) is 12.7. The smallest absolute Gasteiger partial charge is 0.323 e. The van der Waals surface area contributed by atoms with Crippen molar-refractivity contribution in [1.82, 2.24) is 34.9 Å². The Balaban J connectivity index is 1.13. The highest BCUT2D eigenvalue weighted by Gasteiger charge is 2.33. The molecule has 0 spiro atoms. The van der Waals surface area contributed by atoms with Crippen molar-refractivity contribution in [3.05, 3.63) is 78.4 Å². The van der Waals surface area contributed by atoms with E-state index in [4.69, 9.17) is 9.97 Å². The largest absolute Gasteiger partial charge is 0.353 e. The van der Waals surface area contributed by atoms with Crippen molar-refractivity contribution in [1.29, 1.82) is 5.26 Å². The van der Waals surface area contributed by atoms with Crippen LogP contribution in [0.2, 0.25) is 0 Å². The molecule has 0 radical (unpaired) electrons. The highest BCUT2D eigenvalue weighted by atomic mass is 16.2. The molecule has 2 fully saturated rings. The van der Waals surface area contributed by atoms with E-state index in [1.165, 1.54) is 0 Å². The Morgan fingerprint density at radius 3 is 2.43 bits per heavy atom. The number of anilines is 3. The van der Waals surface area contributed by atoms with E-state index in [1.54, 1.807) is 35.1 Å². The molecule has 13 nitrogen and oxygen atoms in total. The minimum atomic E-state index is -0.183. The second kappa shape index (κ2) is 15.1. The van der Waals surface area contributed by atoms with Crippen LogP contribution in [-0.2, 0) is 18.4 Å². The zero-order chi connectivity index (χ0) is 34.3. The van der Waals surface area contributed by atoms with E-state index >= 15 is 0 Å². The fourth-order valence-electron chi connectivity index (χ4n) is 6.94. The summed E-state index contributed by atoms with van der Waals surface area (Å²) in [6.07, 6.45) is 11.1. The monoisotopic (exact) mass is 661 g/mol. The fraction of sp³-hybridized carbons (Fsp3) is 0.417. The number of rotatable bonds is 10. The number of likely N-dealkylation sites (N-methyl/N-ethyl adjacent to an activating group) is 1. The molecule has 49 heavy (non-hydrogen) atoms. The molecule has 1 aliphatic heterocycles. The molecule has 1 saturated carbocycles. The van der Waals surface area contributed by atoms with Gasteiger partial charge in [0.05, 0.1) is 18.4 Å². The third-order valence-electron chi connectivity index (χ3n) is 9.47. The number of amides is 3. The van der Waals surface area contributed by atoms with E-state index in [2.05, 4.69) is 31.7 Å². The standard InChI is InChI=1S/C36H43N11O2/c1-4-46(25(2)48)32-16-17-45(24-32)34-28(18-37)21-39-35(43-34)42-30-11-13-31(14-12-30)47(36(49)40-19-26-8-6-5-7-9-26)33-15-10-27(20-38-33)29-22-41-44(3)23-29/h5-10,15,20-23,30-32H,4,11-14,16-17,19,24H2,1-3H3,(H,40,49)(H,39,42,43)/t30-,31-,32?. The maximum Gasteiger partial charge on any atom is 0.323 e. The molecule has 3 aromatic heterocycles. The normalized spacial score (nSPS) is 18.8. The summed E-state index contributed by atoms with van der Waals surface area (Å²) < 4.78 is 1.75. The molecule has 13 heteroatoms. The maximum absolute atomic E-state index is 13.8. The number of aryl methyl sites for hydroxylation is 1. The fourth-order valence-corrected chi connectivity index (χ4v) is 6.94. The lowest BCUT2D eigenvalue weighted by atomic mass is 9.90. The summed E-state index contributed by atoms with van der Waals surface area (Å²) in [4.78, 5) is 45.6. The second-order valence-corrected chi connectivity index (χ2v) is 12.7. The zero-order valence-electron chi connectivity index (χ0n) is 28.3. The predicted octanol–water partition coefficient (Wildman–Crippen LogP) is 4.73. The van der Waals surface area contributed by atoms with Gasteiger partial charge in [-0.3, -0.25) is 14.4 Å². The van der Waals surface area contributed by atoms with Gasteiger partial charge in [0.15, 0.2) is 5.82 Å². The molecule has 2 aliphatic rings. The molecule has 3 amide bonds. The van der Waals surface area contributed by atoms with Gasteiger partial charge in [-0.05, 0) is 56.7 Å². The Labute approximate surface area is 287 Å². The van der Waals surface area contributed by atoms with Crippen molar-refractivity contribution < 1.29 is 9.59 Å². The van der Waals surface area contributed by atoms with Crippen molar-refractivity contribution in [3.63, 3.8) is 0 Å². The van der Waals surface area contributed by atoms with Crippen LogP contribution in [-0.4, -0.2) is 79.3 Å². The molecule has 2 N–H and O–H groups in total. The van der Waals surface area contributed by atoms with E-state index in [0.717, 1.165) is 48.8 Å². The zero-order valence-corrected chi connectivity index (χ0v) is 28.3. The van der Waals surface area contributed by atoms with Crippen molar-refractivity contribution in [2.24, 2.45) is 7.05 Å². The SMILES string of the molecule is CCN(C(C)=O)C1CCN(c2nc(N[C@H]3CC[C@H](N(C(=O)NCc4ccccc4)c4ccc(-c5cnn(C)c5)cn4)CC3)ncc2C#N)C1. The third-order valence-corrected chi connectivity index (χ3v) is 9.47. The number of hydrogen-bond donors (Lipinski definition) is 2. The molecular formula is C36H43N11O2. The Bertz CT molecular complexity index is 1780. The topological polar surface area (TPSA) is 148 Å². The molecule has 4 heterocycles. The molecule has 1 aromatic carbocycles. The Hall–Kier alpha value is -5.51. The highest BCUT2D eigenvalue weighted by Crippen LogP contribution is 2.31. The maximum atomic E-state index is 13.8. The summed E-state index contributed by atoms with van der Waals surface area (Å²) in [7, 11) is 1.88. The molecule has 1 saturated heterocycles. The lowest BCUT2D eigenvalue weighted by Gasteiger charge is -2.36. The lowest BCUT2D eigenvalue weighted by Crippen LogP contribution is -2.49. The van der Waals surface area contributed by atoms with E-state index in [9.17, 15) is 14.9 Å². The summed E-state index contributed by atoms with van der Waals surface area (Å²) in [6.45, 7) is 5.99. The number of carbonyl (C=O) groups is 2. The number of nitrogens with one attached hydrogen (secondary N) is 2. The predicted molar refractivity (Wildman–Crippen MR) is 188 cm³/mol. The van der Waals surface area contributed by atoms with Gasteiger partial charge in [0.2, 0.25) is 11.9 Å². The summed E-state index contributed by atoms with van der Waals surface area (Å²) in [5.74, 6) is 1.73. The van der Waals surface area contributed by atoms with Gasteiger partial charge in [-0.25, -0.2) is 14.8 Å². The Morgan fingerprint density at radius 1 is 0.980 bits per heavy atom. The van der Waals surface area contributed by atoms with E-state index in [1.807, 2.05) is 67.5 Å². The molecule has 0 bridgehead atoms. The number of nitrogens with zero attached hydrogens (tertiary/aromatic N) is 9. The Kier molecular flexibility index (Phi) is 10.3. The number of benzene rings is 1. The van der Waals surface area contributed by atoms with Crippen LogP contribution >= 0.6 is 0 Å². The van der Waals surface area contributed by atoms with Crippen molar-refractivity contribution in [3.8, 4) is 17.2 Å². The van der Waals surface area contributed by atoms with Gasteiger partial charge in [-0.15, -0.1) is 0 Å². The molecule has 4 aromatic rings. The van der Waals surface area contributed by atoms with Crippen LogP contribution in [0.25, 0.3) is 11.1 Å². The van der Waals surface area contributed by atoms with Gasteiger partial charge in [0.1, 0.15) is 17.5 Å². The van der Waals surface area contributed by atoms with E-state index in [0.29, 0.717) is 49.3 Å². The van der Waals surface area contributed by atoms with Gasteiger partial charge >= 0.3 is 6.03 Å². The van der Waals surface area contributed by atoms with Crippen LogP contribution in [0.1, 0.15) is 57.1 Å². The number of urea groups is 1. The number of aromatic nitrogens is 5. The number of carbonyl (C=O) groups excluding carboxylic acids is 2. The summed E-state index contributed by atoms with van der Waals surface area (Å²) in [6, 6.07) is 15.9. The molecule has 1 atom stereocenters. The first-order chi connectivity index (χ1) is 23.8. The molecule has 1 unspecified atom stereocenters. The first-order valence-electron chi connectivity index (χ1n) is 16.9. The molecule has 254 valence electrons. The Morgan fingerprint density at radius 2 is 1.78 bits per heavy atom. The van der Waals surface area contributed by atoms with Crippen LogP contribution in [0.4, 0.5) is 22.4 Å². The summed E-state index contributed by atoms with van der Waals surface area (Å²) in [5, 5.41) is 20.7. The summed E-state index contributed by atoms with van der Waals surface area (Å²) >= 11 is 0. The van der Waals surface area contributed by atoms with Crippen LogP contribution < -0.4 is 20.4 Å². The number of hydrogen-bond acceptors (Lipinski definition) is 9. The van der Waals surface area contributed by atoms with Crippen LogP contribution in [0.5, 0.6) is 0 Å². The highest BCUT2D eigenvalue weighted by molar-refractivity contribution is 5.91. The number of pyridine rings is 1. The van der Waals surface area contributed by atoms with Gasteiger partial charge in [0.25, 0.3) is 0 Å². The minimum absolute atomic E-state index is 0.0488. The first kappa shape index (κ1) is 33.4. The number of nitriles is 1. The van der Waals surface area contributed by atoms with Gasteiger partial charge in [0, 0.05) is 75.8 Å². The molecular weight excluding hydrogens is 618 g/mol. The quantitative estimate of drug-likeness (QED) is 0.246. The average Bonchev–Trinajstić information content (AvgIpc) is 3.79. The molecule has 6 rings (SSSR count). The van der Waals surface area contributed by atoms with Gasteiger partial charge < -0.3 is 20.4 Å². The van der Waals surface area contributed by atoms with Gasteiger partial charge in [-0.2, -0.15) is 15.3 Å². The average molecular weight is 662 g/mol. The van der Waals surface area contributed by atoms with Crippen LogP contribution in [0.3, 0.4) is 0 Å². The lowest BCUT2D eigenvalue weighted by molar-refractivity contribution is -0.130. The van der Waals surface area contributed by atoms with Crippen molar-refractivity contribution in [2.75, 3.05) is 34.8 Å². The third kappa shape index (κ3) is 7.80. The van der Waals surface area contributed by atoms with Crippen LogP contribution in [0, 0.1) is 11.3 Å². The molecule has 1 aliphatic carbocycles. The van der Waals surface area contributed by atoms with Crippen LogP contribution in [0.15, 0.2) is 67.3 Å². The first-order valence-corrected chi connectivity index (χ1v) is 16.9. The van der Waals surface area contributed by atoms with E-state index in [-0.39, 0.29) is 30.1 Å². The van der Waals surface area contributed by atoms with Gasteiger partial charge in [-0.1, -0.05) is 30.3 Å². The van der Waals surface area contributed by atoms with Crippen molar-refractivity contribution in [2.45, 2.75) is 70.6 Å². The van der Waals surface area contributed by atoms with Crippen molar-refractivity contribution >= 4 is 29.5 Å².